The molecule has 3 saturated carbocycles. The van der Waals surface area contributed by atoms with Crippen molar-refractivity contribution in [2.45, 2.75) is 77.0 Å². The van der Waals surface area contributed by atoms with E-state index in [-0.39, 0.29) is 0 Å². The zero-order valence-corrected chi connectivity index (χ0v) is 14.5. The Morgan fingerprint density at radius 1 is 0.409 bits per heavy atom. The smallest absolute Gasteiger partial charge is 0.0236 e. The van der Waals surface area contributed by atoms with Crippen LogP contribution in [0.2, 0.25) is 0 Å². The topological polar surface area (TPSA) is 0 Å². The lowest BCUT2D eigenvalue weighted by molar-refractivity contribution is 0.112. The fourth-order valence-electron chi connectivity index (χ4n) is 5.79. The summed E-state index contributed by atoms with van der Waals surface area (Å²) < 4.78 is 0. The lowest BCUT2D eigenvalue weighted by Crippen LogP contribution is -2.29. The molecule has 0 amide bonds. The monoisotopic (exact) mass is 300 g/mol. The van der Waals surface area contributed by atoms with Gasteiger partial charge in [-0.2, -0.15) is 0 Å². The maximum absolute atomic E-state index is 3.99. The van der Waals surface area contributed by atoms with E-state index in [9.17, 15) is 0 Å². The third-order valence-corrected chi connectivity index (χ3v) is 7.45. The van der Waals surface area contributed by atoms with Gasteiger partial charge in [-0.1, -0.05) is 12.2 Å². The van der Waals surface area contributed by atoms with Gasteiger partial charge in [-0.05, 0) is 113 Å². The first kappa shape index (κ1) is 16.3. The van der Waals surface area contributed by atoms with E-state index in [1.54, 1.807) is 0 Å². The second-order valence-electron chi connectivity index (χ2n) is 8.50. The average molecular weight is 301 g/mol. The second kappa shape index (κ2) is 7.84. The summed E-state index contributed by atoms with van der Waals surface area (Å²) in [5.41, 5.74) is 0. The van der Waals surface area contributed by atoms with Gasteiger partial charge in [0.2, 0.25) is 0 Å². The third-order valence-electron chi connectivity index (χ3n) is 7.45. The summed E-state index contributed by atoms with van der Waals surface area (Å²) in [5, 5.41) is 0. The van der Waals surface area contributed by atoms with Crippen molar-refractivity contribution in [3.8, 4) is 0 Å². The van der Waals surface area contributed by atoms with Crippen molar-refractivity contribution in [1.29, 1.82) is 0 Å². The molecule has 0 spiro atoms. The van der Waals surface area contributed by atoms with Crippen molar-refractivity contribution in [2.75, 3.05) is 0 Å². The van der Waals surface area contributed by atoms with Crippen LogP contribution in [0.3, 0.4) is 0 Å². The molecule has 0 heteroatoms. The molecular formula is C22H36. The van der Waals surface area contributed by atoms with Crippen LogP contribution in [-0.2, 0) is 0 Å². The number of hydrogen-bond acceptors (Lipinski definition) is 0. The van der Waals surface area contributed by atoms with Crippen LogP contribution in [0, 0.1) is 35.5 Å². The fourth-order valence-corrected chi connectivity index (χ4v) is 5.79. The van der Waals surface area contributed by atoms with Gasteiger partial charge in [0.1, 0.15) is 0 Å². The van der Waals surface area contributed by atoms with Crippen LogP contribution in [-0.4, -0.2) is 0 Å². The van der Waals surface area contributed by atoms with E-state index >= 15 is 0 Å². The van der Waals surface area contributed by atoms with Crippen LogP contribution in [0.1, 0.15) is 77.0 Å². The van der Waals surface area contributed by atoms with E-state index in [1.807, 2.05) is 0 Å². The van der Waals surface area contributed by atoms with Crippen LogP contribution >= 0.6 is 0 Å². The van der Waals surface area contributed by atoms with Gasteiger partial charge in [0, 0.05) is 0 Å². The van der Waals surface area contributed by atoms with Crippen molar-refractivity contribution in [2.24, 2.45) is 35.5 Å². The first-order chi connectivity index (χ1) is 10.8. The predicted octanol–water partition coefficient (Wildman–Crippen LogP) is 6.78. The highest BCUT2D eigenvalue weighted by Gasteiger charge is 2.33. The Morgan fingerprint density at radius 2 is 0.636 bits per heavy atom. The van der Waals surface area contributed by atoms with Crippen LogP contribution in [0.4, 0.5) is 0 Å². The Morgan fingerprint density at radius 3 is 0.864 bits per heavy atom. The van der Waals surface area contributed by atoms with Gasteiger partial charge in [0.05, 0.1) is 0 Å². The summed E-state index contributed by atoms with van der Waals surface area (Å²) in [4.78, 5) is 0. The zero-order valence-electron chi connectivity index (χ0n) is 14.5. The van der Waals surface area contributed by atoms with Crippen molar-refractivity contribution in [3.05, 3.63) is 25.3 Å². The second-order valence-corrected chi connectivity index (χ2v) is 8.50. The van der Waals surface area contributed by atoms with Gasteiger partial charge in [0.25, 0.3) is 0 Å². The standard InChI is InChI=1S/C22H36/c1-3-17-5-9-19(10-6-17)21-13-15-22(16-14-21)20-11-7-18(4-2)8-12-20/h3-4,17-22H,1-2,5-16H2/t17-,18-,19-,20-,21-,22-. The Kier molecular flexibility index (Phi) is 5.83. The number of allylic oxidation sites excluding steroid dienone is 2. The van der Waals surface area contributed by atoms with E-state index in [2.05, 4.69) is 25.3 Å². The Balaban J connectivity index is 1.41. The molecule has 3 aliphatic carbocycles. The molecule has 0 aromatic heterocycles. The molecule has 0 nitrogen and oxygen atoms in total. The molecule has 0 aromatic carbocycles. The molecule has 0 aliphatic heterocycles. The zero-order chi connectivity index (χ0) is 15.4. The molecule has 3 fully saturated rings. The molecule has 0 N–H and O–H groups in total. The summed E-state index contributed by atoms with van der Waals surface area (Å²) in [6.45, 7) is 7.98. The molecular weight excluding hydrogens is 264 g/mol. The van der Waals surface area contributed by atoms with Gasteiger partial charge in [-0.15, -0.1) is 13.2 Å². The third kappa shape index (κ3) is 3.87. The fraction of sp³-hybridized carbons (Fsp3) is 0.818. The minimum absolute atomic E-state index is 0.827. The number of hydrogen-bond donors (Lipinski definition) is 0. The summed E-state index contributed by atoms with van der Waals surface area (Å²) in [7, 11) is 0. The highest BCUT2D eigenvalue weighted by molar-refractivity contribution is 4.90. The predicted molar refractivity (Wildman–Crippen MR) is 96.7 cm³/mol. The molecule has 0 bridgehead atoms. The first-order valence-electron chi connectivity index (χ1n) is 10.0. The van der Waals surface area contributed by atoms with Crippen LogP contribution in [0.25, 0.3) is 0 Å². The Bertz CT molecular complexity index is 308. The first-order valence-corrected chi connectivity index (χ1v) is 10.0. The maximum atomic E-state index is 3.99. The molecule has 0 radical (unpaired) electrons. The molecule has 0 unspecified atom stereocenters. The van der Waals surface area contributed by atoms with E-state index in [0.29, 0.717) is 0 Å². The van der Waals surface area contributed by atoms with Gasteiger partial charge in [-0.25, -0.2) is 0 Å². The van der Waals surface area contributed by atoms with Gasteiger partial charge >= 0.3 is 0 Å². The lowest BCUT2D eigenvalue weighted by Gasteiger charge is -2.41. The average Bonchev–Trinajstić information content (AvgIpc) is 2.62. The SMILES string of the molecule is C=C[C@H]1CC[C@H]([C@H]2CC[C@H]([C@H]3CC[C@H](C=C)CC3)CC2)CC1. The van der Waals surface area contributed by atoms with Gasteiger partial charge in [0.15, 0.2) is 0 Å². The Hall–Kier alpha value is -0.520. The molecule has 0 atom stereocenters. The van der Waals surface area contributed by atoms with E-state index < -0.39 is 0 Å². The van der Waals surface area contributed by atoms with Crippen molar-refractivity contribution >= 4 is 0 Å². The summed E-state index contributed by atoms with van der Waals surface area (Å²) in [6, 6.07) is 0. The molecule has 0 aromatic rings. The highest BCUT2D eigenvalue weighted by Crippen LogP contribution is 2.45. The Labute approximate surface area is 138 Å². The minimum atomic E-state index is 0.827. The molecule has 124 valence electrons. The minimum Gasteiger partial charge on any atom is -0.103 e. The molecule has 0 heterocycles. The quantitative estimate of drug-likeness (QED) is 0.502. The molecule has 3 rings (SSSR count). The van der Waals surface area contributed by atoms with E-state index in [0.717, 1.165) is 35.5 Å². The summed E-state index contributed by atoms with van der Waals surface area (Å²) in [6.07, 6.45) is 22.1. The van der Waals surface area contributed by atoms with Crippen LogP contribution in [0.5, 0.6) is 0 Å². The molecule has 0 saturated heterocycles. The largest absolute Gasteiger partial charge is 0.103 e. The molecule has 3 aliphatic rings. The maximum Gasteiger partial charge on any atom is -0.0236 e. The normalized spacial score (nSPS) is 43.5. The molecule has 22 heavy (non-hydrogen) atoms. The van der Waals surface area contributed by atoms with E-state index in [1.165, 1.54) is 77.0 Å². The van der Waals surface area contributed by atoms with Crippen LogP contribution in [0.15, 0.2) is 25.3 Å². The number of rotatable bonds is 4. The van der Waals surface area contributed by atoms with Crippen molar-refractivity contribution in [1.82, 2.24) is 0 Å². The van der Waals surface area contributed by atoms with Gasteiger partial charge in [-0.3, -0.25) is 0 Å². The highest BCUT2D eigenvalue weighted by atomic mass is 14.4. The van der Waals surface area contributed by atoms with Crippen molar-refractivity contribution in [3.63, 3.8) is 0 Å². The van der Waals surface area contributed by atoms with Gasteiger partial charge < -0.3 is 0 Å². The lowest BCUT2D eigenvalue weighted by atomic mass is 9.65. The van der Waals surface area contributed by atoms with E-state index in [4.69, 9.17) is 0 Å². The van der Waals surface area contributed by atoms with Crippen LogP contribution < -0.4 is 0 Å². The summed E-state index contributed by atoms with van der Waals surface area (Å²) >= 11 is 0. The van der Waals surface area contributed by atoms with Crippen molar-refractivity contribution < 1.29 is 0 Å². The summed E-state index contributed by atoms with van der Waals surface area (Å²) in [5.74, 6) is 5.88.